The first-order chi connectivity index (χ1) is 14.5. The number of methoxy groups -OCH3 is 2. The van der Waals surface area contributed by atoms with E-state index in [9.17, 15) is 0 Å². The molecule has 30 heavy (non-hydrogen) atoms. The smallest absolute Gasteiger partial charge is 0.242 e. The molecule has 0 aliphatic heterocycles. The van der Waals surface area contributed by atoms with Crippen LogP contribution in [-0.4, -0.2) is 40.4 Å². The van der Waals surface area contributed by atoms with E-state index in [1.807, 2.05) is 43.5 Å². The summed E-state index contributed by atoms with van der Waals surface area (Å²) < 4.78 is 11.0. The molecule has 0 bridgehead atoms. The van der Waals surface area contributed by atoms with E-state index in [4.69, 9.17) is 20.2 Å². The van der Waals surface area contributed by atoms with Crippen molar-refractivity contribution >= 4 is 5.95 Å². The summed E-state index contributed by atoms with van der Waals surface area (Å²) in [4.78, 5) is 8.98. The molecule has 156 valence electrons. The SMILES string of the molecule is COc1cccc(OC)c1-c1ccc(C2(N)CCC(Nc3ncc(C)nn3)C2)nc1. The third-order valence-electron chi connectivity index (χ3n) is 5.55. The zero-order chi connectivity index (χ0) is 21.1. The molecule has 2 aromatic heterocycles. The van der Waals surface area contributed by atoms with E-state index < -0.39 is 5.54 Å². The molecule has 0 radical (unpaired) electrons. The second-order valence-electron chi connectivity index (χ2n) is 7.63. The fraction of sp³-hybridized carbons (Fsp3) is 0.364. The van der Waals surface area contributed by atoms with Gasteiger partial charge in [-0.25, -0.2) is 4.98 Å². The average molecular weight is 406 g/mol. The van der Waals surface area contributed by atoms with Gasteiger partial charge >= 0.3 is 0 Å². The van der Waals surface area contributed by atoms with Gasteiger partial charge in [0.25, 0.3) is 0 Å². The molecule has 1 saturated carbocycles. The first kappa shape index (κ1) is 20.0. The van der Waals surface area contributed by atoms with Crippen LogP contribution in [0.4, 0.5) is 5.95 Å². The molecule has 0 saturated heterocycles. The fourth-order valence-electron chi connectivity index (χ4n) is 3.98. The van der Waals surface area contributed by atoms with Crippen LogP contribution in [0.5, 0.6) is 11.5 Å². The number of aromatic nitrogens is 4. The van der Waals surface area contributed by atoms with Gasteiger partial charge in [-0.2, -0.15) is 5.10 Å². The second-order valence-corrected chi connectivity index (χ2v) is 7.63. The number of rotatable bonds is 6. The molecule has 0 spiro atoms. The molecule has 4 rings (SSSR count). The van der Waals surface area contributed by atoms with Crippen molar-refractivity contribution in [3.63, 3.8) is 0 Å². The standard InChI is InChI=1S/C22H26N6O2/c1-14-12-25-21(28-27-14)26-16-9-10-22(23,11-16)19-8-7-15(13-24-19)20-17(29-2)5-4-6-18(20)30-3/h4-8,12-13,16H,9-11,23H2,1-3H3,(H,25,26,28). The van der Waals surface area contributed by atoms with Gasteiger partial charge < -0.3 is 20.5 Å². The third kappa shape index (κ3) is 3.91. The van der Waals surface area contributed by atoms with E-state index in [-0.39, 0.29) is 6.04 Å². The van der Waals surface area contributed by atoms with Crippen molar-refractivity contribution in [2.45, 2.75) is 37.8 Å². The number of aryl methyl sites for hydroxylation is 1. The number of ether oxygens (including phenoxy) is 2. The maximum Gasteiger partial charge on any atom is 0.242 e. The van der Waals surface area contributed by atoms with Crippen LogP contribution in [0.1, 0.15) is 30.7 Å². The predicted octanol–water partition coefficient (Wildman–Crippen LogP) is 3.08. The Labute approximate surface area is 175 Å². The Kier molecular flexibility index (Phi) is 5.50. The molecule has 2 atom stereocenters. The Morgan fingerprint density at radius 3 is 2.40 bits per heavy atom. The number of pyridine rings is 1. The van der Waals surface area contributed by atoms with Gasteiger partial charge in [0.05, 0.1) is 42.9 Å². The molecule has 0 amide bonds. The van der Waals surface area contributed by atoms with Gasteiger partial charge in [-0.05, 0) is 44.4 Å². The van der Waals surface area contributed by atoms with Crippen molar-refractivity contribution in [2.75, 3.05) is 19.5 Å². The average Bonchev–Trinajstić information content (AvgIpc) is 3.16. The minimum Gasteiger partial charge on any atom is -0.496 e. The summed E-state index contributed by atoms with van der Waals surface area (Å²) in [7, 11) is 3.29. The molecule has 8 heteroatoms. The highest BCUT2D eigenvalue weighted by Crippen LogP contribution is 2.40. The van der Waals surface area contributed by atoms with Gasteiger partial charge in [0.1, 0.15) is 11.5 Å². The van der Waals surface area contributed by atoms with Crippen LogP contribution < -0.4 is 20.5 Å². The van der Waals surface area contributed by atoms with Crippen LogP contribution in [0.15, 0.2) is 42.7 Å². The Hall–Kier alpha value is -3.26. The van der Waals surface area contributed by atoms with E-state index >= 15 is 0 Å². The zero-order valence-corrected chi connectivity index (χ0v) is 17.4. The number of hydrogen-bond donors (Lipinski definition) is 2. The van der Waals surface area contributed by atoms with Crippen molar-refractivity contribution in [3.8, 4) is 22.6 Å². The maximum atomic E-state index is 6.74. The van der Waals surface area contributed by atoms with Crippen molar-refractivity contribution in [1.29, 1.82) is 0 Å². The summed E-state index contributed by atoms with van der Waals surface area (Å²) in [5.41, 5.74) is 9.69. The van der Waals surface area contributed by atoms with Crippen LogP contribution >= 0.6 is 0 Å². The third-order valence-corrected chi connectivity index (χ3v) is 5.55. The molecule has 3 aromatic rings. The van der Waals surface area contributed by atoms with Crippen molar-refractivity contribution in [3.05, 3.63) is 54.1 Å². The minimum atomic E-state index is -0.501. The summed E-state index contributed by atoms with van der Waals surface area (Å²) >= 11 is 0. The first-order valence-electron chi connectivity index (χ1n) is 9.92. The summed E-state index contributed by atoms with van der Waals surface area (Å²) in [6, 6.07) is 9.90. The number of anilines is 1. The van der Waals surface area contributed by atoms with Crippen LogP contribution in [0.25, 0.3) is 11.1 Å². The molecule has 2 heterocycles. The van der Waals surface area contributed by atoms with Gasteiger partial charge in [-0.3, -0.25) is 4.98 Å². The topological polar surface area (TPSA) is 108 Å². The quantitative estimate of drug-likeness (QED) is 0.643. The minimum absolute atomic E-state index is 0.176. The number of nitrogens with two attached hydrogens (primary N) is 1. The monoisotopic (exact) mass is 406 g/mol. The second kappa shape index (κ2) is 8.23. The lowest BCUT2D eigenvalue weighted by molar-refractivity contribution is 0.397. The Balaban J connectivity index is 1.52. The van der Waals surface area contributed by atoms with Crippen LogP contribution in [0, 0.1) is 6.92 Å². The number of nitrogens with one attached hydrogen (secondary N) is 1. The molecular formula is C22H26N6O2. The number of nitrogens with zero attached hydrogens (tertiary/aromatic N) is 4. The Morgan fingerprint density at radius 1 is 1.03 bits per heavy atom. The lowest BCUT2D eigenvalue weighted by Crippen LogP contribution is -2.36. The lowest BCUT2D eigenvalue weighted by atomic mass is 9.93. The molecule has 1 aromatic carbocycles. The Bertz CT molecular complexity index is 987. The summed E-state index contributed by atoms with van der Waals surface area (Å²) in [6.45, 7) is 1.86. The van der Waals surface area contributed by atoms with E-state index in [1.165, 1.54) is 0 Å². The summed E-state index contributed by atoms with van der Waals surface area (Å²) in [5.74, 6) is 2.01. The van der Waals surface area contributed by atoms with Crippen LogP contribution in [-0.2, 0) is 5.54 Å². The molecule has 2 unspecified atom stereocenters. The van der Waals surface area contributed by atoms with Crippen molar-refractivity contribution in [1.82, 2.24) is 20.2 Å². The molecule has 1 aliphatic carbocycles. The maximum absolute atomic E-state index is 6.74. The highest BCUT2D eigenvalue weighted by molar-refractivity contribution is 5.76. The van der Waals surface area contributed by atoms with Crippen molar-refractivity contribution in [2.24, 2.45) is 5.73 Å². The molecule has 8 nitrogen and oxygen atoms in total. The highest BCUT2D eigenvalue weighted by atomic mass is 16.5. The van der Waals surface area contributed by atoms with Crippen molar-refractivity contribution < 1.29 is 9.47 Å². The molecule has 1 aliphatic rings. The van der Waals surface area contributed by atoms with E-state index in [2.05, 4.69) is 20.5 Å². The normalized spacial score (nSPS) is 20.7. The number of benzene rings is 1. The van der Waals surface area contributed by atoms with E-state index in [0.717, 1.165) is 53.3 Å². The van der Waals surface area contributed by atoms with Crippen LogP contribution in [0.3, 0.4) is 0 Å². The predicted molar refractivity (Wildman–Crippen MR) is 114 cm³/mol. The number of hydrogen-bond acceptors (Lipinski definition) is 8. The summed E-state index contributed by atoms with van der Waals surface area (Å²) in [6.07, 6.45) is 6.02. The van der Waals surface area contributed by atoms with Gasteiger partial charge in [0.2, 0.25) is 5.95 Å². The molecule has 3 N–H and O–H groups in total. The van der Waals surface area contributed by atoms with Gasteiger partial charge in [-0.15, -0.1) is 5.10 Å². The molecular weight excluding hydrogens is 380 g/mol. The van der Waals surface area contributed by atoms with Gasteiger partial charge in [-0.1, -0.05) is 12.1 Å². The zero-order valence-electron chi connectivity index (χ0n) is 17.4. The highest BCUT2D eigenvalue weighted by Gasteiger charge is 2.38. The largest absolute Gasteiger partial charge is 0.496 e. The lowest BCUT2D eigenvalue weighted by Gasteiger charge is -2.24. The van der Waals surface area contributed by atoms with E-state index in [1.54, 1.807) is 20.4 Å². The first-order valence-corrected chi connectivity index (χ1v) is 9.92. The fourth-order valence-corrected chi connectivity index (χ4v) is 3.98. The van der Waals surface area contributed by atoms with Gasteiger partial charge in [0, 0.05) is 17.8 Å². The van der Waals surface area contributed by atoms with Gasteiger partial charge in [0.15, 0.2) is 0 Å². The Morgan fingerprint density at radius 2 is 1.80 bits per heavy atom. The summed E-state index contributed by atoms with van der Waals surface area (Å²) in [5, 5.41) is 11.5. The van der Waals surface area contributed by atoms with E-state index in [0.29, 0.717) is 5.95 Å². The van der Waals surface area contributed by atoms with Crippen LogP contribution in [0.2, 0.25) is 0 Å². The molecule has 1 fully saturated rings.